The molecule has 0 fully saturated rings. The van der Waals surface area contributed by atoms with Crippen LogP contribution in [0.25, 0.3) is 0 Å². The number of ether oxygens (including phenoxy) is 1. The smallest absolute Gasteiger partial charge is 0.335 e. The molecule has 5 heteroatoms. The lowest BCUT2D eigenvalue weighted by atomic mass is 9.96. The van der Waals surface area contributed by atoms with E-state index < -0.39 is 0 Å². The van der Waals surface area contributed by atoms with Crippen LogP contribution in [0.15, 0.2) is 35.5 Å². The lowest BCUT2D eigenvalue weighted by Crippen LogP contribution is -2.54. The predicted molar refractivity (Wildman–Crippen MR) is 78.7 cm³/mol. The third-order valence-electron chi connectivity index (χ3n) is 4.01. The quantitative estimate of drug-likeness (QED) is 0.847. The number of hydrogen-bond acceptors (Lipinski definition) is 4. The Morgan fingerprint density at radius 1 is 1.43 bits per heavy atom. The Balaban J connectivity index is 2.06. The number of nitrogens with one attached hydrogen (secondary N) is 1. The number of esters is 1. The highest BCUT2D eigenvalue weighted by atomic mass is 16.5. The fourth-order valence-electron chi connectivity index (χ4n) is 3.03. The van der Waals surface area contributed by atoms with Gasteiger partial charge in [0.25, 0.3) is 5.91 Å². The molecule has 1 N–H and O–H groups in total. The van der Waals surface area contributed by atoms with E-state index in [1.54, 1.807) is 13.0 Å². The highest BCUT2D eigenvalue weighted by molar-refractivity contribution is 6.03. The lowest BCUT2D eigenvalue weighted by Gasteiger charge is -2.43. The molecule has 0 radical (unpaired) electrons. The molecule has 1 aromatic rings. The summed E-state index contributed by atoms with van der Waals surface area (Å²) < 4.78 is 5.13. The van der Waals surface area contributed by atoms with Gasteiger partial charge < -0.3 is 15.0 Å². The minimum Gasteiger partial charge on any atom is -0.463 e. The number of allylic oxidation sites excluding steroid dienone is 1. The van der Waals surface area contributed by atoms with Crippen molar-refractivity contribution >= 4 is 17.6 Å². The molecule has 1 atom stereocenters. The van der Waals surface area contributed by atoms with Crippen molar-refractivity contribution in [2.45, 2.75) is 32.9 Å². The van der Waals surface area contributed by atoms with Crippen LogP contribution >= 0.6 is 0 Å². The molecule has 0 saturated heterocycles. The van der Waals surface area contributed by atoms with Crippen LogP contribution in [-0.2, 0) is 9.53 Å². The van der Waals surface area contributed by atoms with Crippen LogP contribution in [0.1, 0.15) is 37.0 Å². The van der Waals surface area contributed by atoms with E-state index in [4.69, 9.17) is 4.74 Å². The number of rotatable bonds is 2. The average Bonchev–Trinajstić information content (AvgIpc) is 2.48. The van der Waals surface area contributed by atoms with Crippen LogP contribution in [0.4, 0.5) is 5.69 Å². The van der Waals surface area contributed by atoms with Crippen molar-refractivity contribution in [1.82, 2.24) is 5.32 Å². The van der Waals surface area contributed by atoms with Gasteiger partial charge in [-0.15, -0.1) is 0 Å². The molecular weight excluding hydrogens is 268 g/mol. The average molecular weight is 286 g/mol. The Morgan fingerprint density at radius 2 is 2.19 bits per heavy atom. The van der Waals surface area contributed by atoms with Gasteiger partial charge >= 0.3 is 5.97 Å². The van der Waals surface area contributed by atoms with Gasteiger partial charge in [0.05, 0.1) is 23.4 Å². The SMILES string of the molecule is CCOC(=O)C1=C(C)N2c3ccccc3C(=O)NC2CC1. The molecule has 0 spiro atoms. The van der Waals surface area contributed by atoms with Gasteiger partial charge in [0.1, 0.15) is 6.17 Å². The van der Waals surface area contributed by atoms with Crippen molar-refractivity contribution in [3.63, 3.8) is 0 Å². The Bertz CT molecular complexity index is 636. The fourth-order valence-corrected chi connectivity index (χ4v) is 3.03. The number of para-hydroxylation sites is 1. The zero-order valence-electron chi connectivity index (χ0n) is 12.2. The van der Waals surface area contributed by atoms with E-state index in [-0.39, 0.29) is 18.0 Å². The maximum Gasteiger partial charge on any atom is 0.335 e. The zero-order valence-corrected chi connectivity index (χ0v) is 12.2. The van der Waals surface area contributed by atoms with Crippen molar-refractivity contribution in [3.05, 3.63) is 41.1 Å². The van der Waals surface area contributed by atoms with E-state index in [2.05, 4.69) is 5.32 Å². The first-order valence-electron chi connectivity index (χ1n) is 7.19. The Morgan fingerprint density at radius 3 is 2.95 bits per heavy atom. The molecule has 0 aromatic heterocycles. The Kier molecular flexibility index (Phi) is 3.41. The van der Waals surface area contributed by atoms with Gasteiger partial charge in [0, 0.05) is 5.70 Å². The molecule has 2 aliphatic rings. The van der Waals surface area contributed by atoms with Gasteiger partial charge in [-0.3, -0.25) is 4.79 Å². The summed E-state index contributed by atoms with van der Waals surface area (Å²) in [6.45, 7) is 4.08. The molecule has 0 bridgehead atoms. The topological polar surface area (TPSA) is 58.6 Å². The van der Waals surface area contributed by atoms with Crippen LogP contribution in [0.2, 0.25) is 0 Å². The molecule has 3 rings (SSSR count). The van der Waals surface area contributed by atoms with Crippen molar-refractivity contribution in [2.75, 3.05) is 11.5 Å². The second kappa shape index (κ2) is 5.24. The van der Waals surface area contributed by atoms with E-state index in [0.29, 0.717) is 30.6 Å². The van der Waals surface area contributed by atoms with Crippen LogP contribution in [0.3, 0.4) is 0 Å². The summed E-state index contributed by atoms with van der Waals surface area (Å²) >= 11 is 0. The minimum atomic E-state index is -0.261. The highest BCUT2D eigenvalue weighted by Crippen LogP contribution is 2.36. The normalized spacial score (nSPS) is 20.6. The van der Waals surface area contributed by atoms with Crippen LogP contribution < -0.4 is 10.2 Å². The van der Waals surface area contributed by atoms with Crippen molar-refractivity contribution in [2.24, 2.45) is 0 Å². The summed E-state index contributed by atoms with van der Waals surface area (Å²) in [5.41, 5.74) is 3.04. The first kappa shape index (κ1) is 13.7. The molecule has 1 unspecified atom stereocenters. The molecule has 110 valence electrons. The summed E-state index contributed by atoms with van der Waals surface area (Å²) in [5.74, 6) is -0.318. The molecule has 2 aliphatic heterocycles. The number of anilines is 1. The highest BCUT2D eigenvalue weighted by Gasteiger charge is 2.36. The Hall–Kier alpha value is -2.30. The molecule has 21 heavy (non-hydrogen) atoms. The predicted octanol–water partition coefficient (Wildman–Crippen LogP) is 2.19. The largest absolute Gasteiger partial charge is 0.463 e. The monoisotopic (exact) mass is 286 g/mol. The first-order valence-corrected chi connectivity index (χ1v) is 7.19. The van der Waals surface area contributed by atoms with Gasteiger partial charge in [-0.05, 0) is 38.8 Å². The first-order chi connectivity index (χ1) is 10.1. The van der Waals surface area contributed by atoms with E-state index in [1.165, 1.54) is 0 Å². The van der Waals surface area contributed by atoms with E-state index in [9.17, 15) is 9.59 Å². The second-order valence-corrected chi connectivity index (χ2v) is 5.20. The summed E-state index contributed by atoms with van der Waals surface area (Å²) in [4.78, 5) is 26.2. The van der Waals surface area contributed by atoms with E-state index in [1.807, 2.05) is 30.0 Å². The van der Waals surface area contributed by atoms with Gasteiger partial charge in [0.15, 0.2) is 0 Å². The van der Waals surface area contributed by atoms with E-state index in [0.717, 1.165) is 11.4 Å². The third kappa shape index (κ3) is 2.18. The number of carbonyl (C=O) groups is 2. The molecule has 2 heterocycles. The summed E-state index contributed by atoms with van der Waals surface area (Å²) in [5, 5.41) is 3.00. The van der Waals surface area contributed by atoms with Gasteiger partial charge in [-0.2, -0.15) is 0 Å². The summed E-state index contributed by atoms with van der Waals surface area (Å²) in [6.07, 6.45) is 1.23. The van der Waals surface area contributed by atoms with Gasteiger partial charge in [-0.1, -0.05) is 12.1 Å². The molecule has 5 nitrogen and oxygen atoms in total. The maximum atomic E-state index is 12.1. The van der Waals surface area contributed by atoms with Crippen LogP contribution in [0.5, 0.6) is 0 Å². The molecule has 1 aromatic carbocycles. The van der Waals surface area contributed by atoms with Crippen LogP contribution in [-0.4, -0.2) is 24.6 Å². The maximum absolute atomic E-state index is 12.1. The Labute approximate surface area is 123 Å². The van der Waals surface area contributed by atoms with Crippen molar-refractivity contribution in [3.8, 4) is 0 Å². The van der Waals surface area contributed by atoms with E-state index >= 15 is 0 Å². The summed E-state index contributed by atoms with van der Waals surface area (Å²) in [7, 11) is 0. The fraction of sp³-hybridized carbons (Fsp3) is 0.375. The molecule has 0 saturated carbocycles. The zero-order chi connectivity index (χ0) is 15.0. The van der Waals surface area contributed by atoms with Crippen molar-refractivity contribution < 1.29 is 14.3 Å². The molecular formula is C16H18N2O3. The minimum absolute atomic E-state index is 0.0563. The lowest BCUT2D eigenvalue weighted by molar-refractivity contribution is -0.138. The number of carbonyl (C=O) groups excluding carboxylic acids is 2. The third-order valence-corrected chi connectivity index (χ3v) is 4.01. The number of benzene rings is 1. The molecule has 1 amide bonds. The van der Waals surface area contributed by atoms with Gasteiger partial charge in [-0.25, -0.2) is 4.79 Å². The number of hydrogen-bond donors (Lipinski definition) is 1. The number of fused-ring (bicyclic) bond motifs is 3. The van der Waals surface area contributed by atoms with Crippen molar-refractivity contribution in [1.29, 1.82) is 0 Å². The second-order valence-electron chi connectivity index (χ2n) is 5.20. The summed E-state index contributed by atoms with van der Waals surface area (Å²) in [6, 6.07) is 7.46. The van der Waals surface area contributed by atoms with Gasteiger partial charge in [0.2, 0.25) is 0 Å². The van der Waals surface area contributed by atoms with Crippen LogP contribution in [0, 0.1) is 0 Å². The molecule has 0 aliphatic carbocycles. The number of amides is 1. The standard InChI is InChI=1S/C16H18N2O3/c1-3-21-16(20)11-8-9-14-17-15(19)12-6-4-5-7-13(12)18(14)10(11)2/h4-7,14H,3,8-9H2,1-2H3,(H,17,19). The number of nitrogens with zero attached hydrogens (tertiary/aromatic N) is 1.